The van der Waals surface area contributed by atoms with Gasteiger partial charge in [0.05, 0.1) is 18.8 Å². The van der Waals surface area contributed by atoms with Gasteiger partial charge in [0.2, 0.25) is 0 Å². The van der Waals surface area contributed by atoms with Gasteiger partial charge < -0.3 is 4.74 Å². The molecule has 3 heteroatoms. The van der Waals surface area contributed by atoms with Crippen molar-refractivity contribution in [1.29, 1.82) is 5.26 Å². The first-order valence-corrected chi connectivity index (χ1v) is 6.33. The van der Waals surface area contributed by atoms with Crippen LogP contribution in [0.3, 0.4) is 0 Å². The summed E-state index contributed by atoms with van der Waals surface area (Å²) >= 11 is 0. The van der Waals surface area contributed by atoms with Gasteiger partial charge in [0.25, 0.3) is 0 Å². The van der Waals surface area contributed by atoms with E-state index in [-0.39, 0.29) is 6.10 Å². The van der Waals surface area contributed by atoms with Crippen LogP contribution in [-0.4, -0.2) is 19.8 Å². The molecule has 98 valence electrons. The molecule has 0 amide bonds. The zero-order chi connectivity index (χ0) is 13.6. The second-order valence-electron chi connectivity index (χ2n) is 4.89. The van der Waals surface area contributed by atoms with Crippen molar-refractivity contribution < 1.29 is 4.74 Å². The van der Waals surface area contributed by atoms with Crippen LogP contribution in [0.15, 0.2) is 30.3 Å². The number of nitriles is 1. The quantitative estimate of drug-likeness (QED) is 0.839. The van der Waals surface area contributed by atoms with Gasteiger partial charge in [-0.05, 0) is 25.5 Å². The van der Waals surface area contributed by atoms with Crippen LogP contribution in [-0.2, 0) is 10.3 Å². The fraction of sp³-hybridized carbons (Fsp3) is 0.533. The molecular formula is C15H22N2O. The molecule has 0 spiro atoms. The van der Waals surface area contributed by atoms with Crippen LogP contribution in [0, 0.1) is 17.2 Å². The predicted molar refractivity (Wildman–Crippen MR) is 73.0 cm³/mol. The largest absolute Gasteiger partial charge is 0.375 e. The SMILES string of the molecule is CNC(C#N)(COC(C)C(C)C)c1ccccc1. The van der Waals surface area contributed by atoms with E-state index >= 15 is 0 Å². The summed E-state index contributed by atoms with van der Waals surface area (Å²) in [5.41, 5.74) is 0.163. The van der Waals surface area contributed by atoms with Crippen molar-refractivity contribution in [1.82, 2.24) is 5.32 Å². The maximum atomic E-state index is 9.49. The van der Waals surface area contributed by atoms with Crippen molar-refractivity contribution in [3.05, 3.63) is 35.9 Å². The van der Waals surface area contributed by atoms with Crippen molar-refractivity contribution in [3.63, 3.8) is 0 Å². The Balaban J connectivity index is 2.86. The molecule has 0 aliphatic heterocycles. The Labute approximate surface area is 110 Å². The second kappa shape index (κ2) is 6.53. The van der Waals surface area contributed by atoms with E-state index in [2.05, 4.69) is 25.2 Å². The van der Waals surface area contributed by atoms with Crippen molar-refractivity contribution in [3.8, 4) is 6.07 Å². The minimum atomic E-state index is -0.773. The van der Waals surface area contributed by atoms with Crippen LogP contribution in [0.5, 0.6) is 0 Å². The highest BCUT2D eigenvalue weighted by molar-refractivity contribution is 5.31. The standard InChI is InChI=1S/C15H22N2O/c1-12(2)13(3)18-11-15(10-16,17-4)14-8-6-5-7-9-14/h5-9,12-13,17H,11H2,1-4H3. The normalized spacial score (nSPS) is 16.0. The van der Waals surface area contributed by atoms with E-state index in [4.69, 9.17) is 4.74 Å². The highest BCUT2D eigenvalue weighted by atomic mass is 16.5. The average molecular weight is 246 g/mol. The van der Waals surface area contributed by atoms with Crippen LogP contribution in [0.25, 0.3) is 0 Å². The van der Waals surface area contributed by atoms with Crippen LogP contribution in [0.2, 0.25) is 0 Å². The molecule has 0 bridgehead atoms. The molecule has 1 N–H and O–H groups in total. The van der Waals surface area contributed by atoms with E-state index in [9.17, 15) is 5.26 Å². The lowest BCUT2D eigenvalue weighted by Gasteiger charge is -2.29. The Kier molecular flexibility index (Phi) is 5.33. The monoisotopic (exact) mass is 246 g/mol. The van der Waals surface area contributed by atoms with Gasteiger partial charge in [-0.2, -0.15) is 5.26 Å². The van der Waals surface area contributed by atoms with E-state index < -0.39 is 5.54 Å². The number of benzene rings is 1. The van der Waals surface area contributed by atoms with Crippen LogP contribution < -0.4 is 5.32 Å². The minimum Gasteiger partial charge on any atom is -0.375 e. The van der Waals surface area contributed by atoms with Crippen LogP contribution in [0.4, 0.5) is 0 Å². The maximum absolute atomic E-state index is 9.49. The Hall–Kier alpha value is -1.37. The van der Waals surface area contributed by atoms with Crippen LogP contribution >= 0.6 is 0 Å². The average Bonchev–Trinajstić information content (AvgIpc) is 2.41. The molecule has 0 saturated carbocycles. The Bertz CT molecular complexity index is 397. The summed E-state index contributed by atoms with van der Waals surface area (Å²) in [5.74, 6) is 0.439. The Morgan fingerprint density at radius 2 is 1.89 bits per heavy atom. The molecule has 1 aromatic rings. The summed E-state index contributed by atoms with van der Waals surface area (Å²) in [6.45, 7) is 6.61. The molecule has 3 nitrogen and oxygen atoms in total. The number of rotatable bonds is 6. The molecule has 1 rings (SSSR count). The van der Waals surface area contributed by atoms with Gasteiger partial charge in [-0.1, -0.05) is 44.2 Å². The van der Waals surface area contributed by atoms with E-state index in [1.54, 1.807) is 7.05 Å². The lowest BCUT2D eigenvalue weighted by Crippen LogP contribution is -2.44. The fourth-order valence-electron chi connectivity index (χ4n) is 1.62. The molecule has 0 aliphatic rings. The number of hydrogen-bond donors (Lipinski definition) is 1. The first kappa shape index (κ1) is 14.7. The van der Waals surface area contributed by atoms with Gasteiger partial charge in [0.15, 0.2) is 5.54 Å². The van der Waals surface area contributed by atoms with Crippen molar-refractivity contribution in [2.75, 3.05) is 13.7 Å². The molecule has 0 saturated heterocycles. The lowest BCUT2D eigenvalue weighted by atomic mass is 9.92. The van der Waals surface area contributed by atoms with Crippen molar-refractivity contribution >= 4 is 0 Å². The lowest BCUT2D eigenvalue weighted by molar-refractivity contribution is 0.00912. The van der Waals surface area contributed by atoms with Gasteiger partial charge in [-0.25, -0.2) is 0 Å². The van der Waals surface area contributed by atoms with Gasteiger partial charge in [-0.3, -0.25) is 5.32 Å². The third-order valence-corrected chi connectivity index (χ3v) is 3.39. The summed E-state index contributed by atoms with van der Waals surface area (Å²) in [7, 11) is 1.79. The summed E-state index contributed by atoms with van der Waals surface area (Å²) in [6, 6.07) is 12.0. The molecule has 0 aliphatic carbocycles. The van der Waals surface area contributed by atoms with Gasteiger partial charge in [0, 0.05) is 0 Å². The summed E-state index contributed by atoms with van der Waals surface area (Å²) in [6.07, 6.45) is 0.134. The smallest absolute Gasteiger partial charge is 0.155 e. The molecular weight excluding hydrogens is 224 g/mol. The maximum Gasteiger partial charge on any atom is 0.155 e. The van der Waals surface area contributed by atoms with Crippen LogP contribution in [0.1, 0.15) is 26.3 Å². The summed E-state index contributed by atoms with van der Waals surface area (Å²) in [5, 5.41) is 12.6. The topological polar surface area (TPSA) is 45.0 Å². The fourth-order valence-corrected chi connectivity index (χ4v) is 1.62. The zero-order valence-corrected chi connectivity index (χ0v) is 11.6. The molecule has 2 atom stereocenters. The predicted octanol–water partition coefficient (Wildman–Crippen LogP) is 2.69. The first-order chi connectivity index (χ1) is 8.55. The number of hydrogen-bond acceptors (Lipinski definition) is 3. The number of likely N-dealkylation sites (N-methyl/N-ethyl adjacent to an activating group) is 1. The van der Waals surface area contributed by atoms with Gasteiger partial charge in [0.1, 0.15) is 0 Å². The number of nitrogens with zero attached hydrogens (tertiary/aromatic N) is 1. The second-order valence-corrected chi connectivity index (χ2v) is 4.89. The zero-order valence-electron chi connectivity index (χ0n) is 11.6. The van der Waals surface area contributed by atoms with E-state index in [0.29, 0.717) is 12.5 Å². The molecule has 1 aromatic carbocycles. The first-order valence-electron chi connectivity index (χ1n) is 6.33. The number of ether oxygens (including phenoxy) is 1. The summed E-state index contributed by atoms with van der Waals surface area (Å²) < 4.78 is 5.82. The Morgan fingerprint density at radius 1 is 1.28 bits per heavy atom. The minimum absolute atomic E-state index is 0.134. The molecule has 0 aromatic heterocycles. The third-order valence-electron chi connectivity index (χ3n) is 3.39. The highest BCUT2D eigenvalue weighted by Gasteiger charge is 2.31. The molecule has 18 heavy (non-hydrogen) atoms. The summed E-state index contributed by atoms with van der Waals surface area (Å²) in [4.78, 5) is 0. The molecule has 0 heterocycles. The van der Waals surface area contributed by atoms with E-state index in [0.717, 1.165) is 5.56 Å². The highest BCUT2D eigenvalue weighted by Crippen LogP contribution is 2.21. The van der Waals surface area contributed by atoms with E-state index in [1.165, 1.54) is 0 Å². The molecule has 2 unspecified atom stereocenters. The van der Waals surface area contributed by atoms with Crippen molar-refractivity contribution in [2.45, 2.75) is 32.4 Å². The van der Waals surface area contributed by atoms with E-state index in [1.807, 2.05) is 37.3 Å². The third kappa shape index (κ3) is 3.32. The molecule has 0 fully saturated rings. The number of nitrogens with one attached hydrogen (secondary N) is 1. The van der Waals surface area contributed by atoms with Gasteiger partial charge >= 0.3 is 0 Å². The Morgan fingerprint density at radius 3 is 2.33 bits per heavy atom. The van der Waals surface area contributed by atoms with Gasteiger partial charge in [-0.15, -0.1) is 0 Å². The molecule has 0 radical (unpaired) electrons. The van der Waals surface area contributed by atoms with Crippen molar-refractivity contribution in [2.24, 2.45) is 5.92 Å².